The van der Waals surface area contributed by atoms with Crippen molar-refractivity contribution in [3.05, 3.63) is 76.3 Å². The summed E-state index contributed by atoms with van der Waals surface area (Å²) in [7, 11) is 0. The molecule has 2 bridgehead atoms. The molecule has 0 saturated heterocycles. The van der Waals surface area contributed by atoms with E-state index in [2.05, 4.69) is 33.7 Å². The van der Waals surface area contributed by atoms with E-state index in [-0.39, 0.29) is 5.91 Å². The quantitative estimate of drug-likeness (QED) is 0.311. The number of amides is 1. The highest BCUT2D eigenvalue weighted by molar-refractivity contribution is 6.26. The SMILES string of the molecule is Cc1cc(N)nc(C)c1CNC(=O)c1ccc2c(c1)c1oc2c2cc(-c3c(C)noc3C)ccc21. The first-order valence-corrected chi connectivity index (χ1v) is 11.5. The lowest BCUT2D eigenvalue weighted by Crippen LogP contribution is -2.24. The van der Waals surface area contributed by atoms with E-state index >= 15 is 0 Å². The van der Waals surface area contributed by atoms with Gasteiger partial charge in [0.15, 0.2) is 0 Å². The molecule has 6 rings (SSSR count). The predicted molar refractivity (Wildman–Crippen MR) is 137 cm³/mol. The van der Waals surface area contributed by atoms with Crippen LogP contribution in [0, 0.1) is 27.7 Å². The van der Waals surface area contributed by atoms with Crippen molar-refractivity contribution >= 4 is 44.4 Å². The lowest BCUT2D eigenvalue weighted by atomic mass is 9.97. The van der Waals surface area contributed by atoms with Gasteiger partial charge < -0.3 is 20.0 Å². The van der Waals surface area contributed by atoms with Crippen LogP contribution in [0.15, 0.2) is 51.4 Å². The highest BCUT2D eigenvalue weighted by atomic mass is 16.5. The molecule has 6 aromatic rings. The molecule has 7 nitrogen and oxygen atoms in total. The Morgan fingerprint density at radius 3 is 2.31 bits per heavy atom. The van der Waals surface area contributed by atoms with Crippen molar-refractivity contribution in [1.82, 2.24) is 15.5 Å². The van der Waals surface area contributed by atoms with Crippen LogP contribution in [0.25, 0.3) is 43.8 Å². The number of anilines is 1. The van der Waals surface area contributed by atoms with Gasteiger partial charge in [-0.3, -0.25) is 4.79 Å². The van der Waals surface area contributed by atoms with Gasteiger partial charge in [0.2, 0.25) is 0 Å². The number of nitrogens with one attached hydrogen (secondary N) is 1. The number of nitrogen functional groups attached to an aromatic ring is 1. The molecule has 4 aromatic heterocycles. The minimum absolute atomic E-state index is 0.147. The number of nitrogens with two attached hydrogens (primary N) is 1. The van der Waals surface area contributed by atoms with E-state index in [1.54, 1.807) is 0 Å². The Hall–Kier alpha value is -4.39. The van der Waals surface area contributed by atoms with Gasteiger partial charge in [0, 0.05) is 44.9 Å². The van der Waals surface area contributed by atoms with Gasteiger partial charge >= 0.3 is 0 Å². The van der Waals surface area contributed by atoms with E-state index in [1.807, 2.05) is 52.0 Å². The molecule has 7 heteroatoms. The Labute approximate surface area is 201 Å². The molecular formula is C28H24N4O3. The second-order valence-electron chi connectivity index (χ2n) is 9.09. The third kappa shape index (κ3) is 3.23. The molecule has 0 radical (unpaired) electrons. The normalized spacial score (nSPS) is 11.8. The summed E-state index contributed by atoms with van der Waals surface area (Å²) in [6.45, 7) is 8.12. The molecule has 0 aliphatic rings. The summed E-state index contributed by atoms with van der Waals surface area (Å²) in [6, 6.07) is 13.8. The van der Waals surface area contributed by atoms with Crippen molar-refractivity contribution < 1.29 is 13.7 Å². The van der Waals surface area contributed by atoms with Crippen LogP contribution >= 0.6 is 0 Å². The van der Waals surface area contributed by atoms with E-state index in [0.717, 1.165) is 72.1 Å². The first kappa shape index (κ1) is 21.2. The monoisotopic (exact) mass is 464 g/mol. The zero-order valence-electron chi connectivity index (χ0n) is 19.9. The third-order valence-corrected chi connectivity index (χ3v) is 6.81. The van der Waals surface area contributed by atoms with Crippen molar-refractivity contribution in [1.29, 1.82) is 0 Å². The number of aryl methyl sites for hydroxylation is 4. The first-order valence-electron chi connectivity index (χ1n) is 11.5. The molecule has 2 aromatic carbocycles. The van der Waals surface area contributed by atoms with Gasteiger partial charge in [-0.05, 0) is 80.8 Å². The number of aromatic nitrogens is 2. The summed E-state index contributed by atoms with van der Waals surface area (Å²) in [6.07, 6.45) is 0. The van der Waals surface area contributed by atoms with Crippen LogP contribution in [-0.2, 0) is 6.54 Å². The smallest absolute Gasteiger partial charge is 0.251 e. The highest BCUT2D eigenvalue weighted by Crippen LogP contribution is 2.42. The van der Waals surface area contributed by atoms with E-state index in [0.29, 0.717) is 17.9 Å². The Kier molecular flexibility index (Phi) is 4.57. The van der Waals surface area contributed by atoms with Gasteiger partial charge in [0.25, 0.3) is 5.91 Å². The number of carbonyl (C=O) groups is 1. The minimum Gasteiger partial charge on any atom is -0.455 e. The second kappa shape index (κ2) is 7.56. The summed E-state index contributed by atoms with van der Waals surface area (Å²) < 4.78 is 11.5. The molecule has 35 heavy (non-hydrogen) atoms. The van der Waals surface area contributed by atoms with E-state index in [4.69, 9.17) is 14.7 Å². The number of nitrogens with zero attached hydrogens (tertiary/aromatic N) is 2. The molecule has 0 unspecified atom stereocenters. The number of hydrogen-bond donors (Lipinski definition) is 2. The van der Waals surface area contributed by atoms with Crippen LogP contribution in [0.1, 0.15) is 38.6 Å². The van der Waals surface area contributed by atoms with Crippen LogP contribution in [0.5, 0.6) is 0 Å². The molecule has 0 aliphatic heterocycles. The lowest BCUT2D eigenvalue weighted by Gasteiger charge is -2.11. The molecule has 0 fully saturated rings. The number of fused-ring (bicyclic) bond motifs is 8. The maximum absolute atomic E-state index is 13.0. The van der Waals surface area contributed by atoms with Crippen LogP contribution in [0.2, 0.25) is 0 Å². The Bertz CT molecular complexity index is 1730. The fourth-order valence-corrected chi connectivity index (χ4v) is 5.09. The molecule has 3 N–H and O–H groups in total. The first-order chi connectivity index (χ1) is 16.8. The van der Waals surface area contributed by atoms with E-state index < -0.39 is 0 Å². The fraction of sp³-hybridized carbons (Fsp3) is 0.179. The van der Waals surface area contributed by atoms with Gasteiger partial charge in [0.1, 0.15) is 22.7 Å². The Morgan fingerprint density at radius 1 is 0.914 bits per heavy atom. The molecule has 0 atom stereocenters. The van der Waals surface area contributed by atoms with Gasteiger partial charge in [0.05, 0.1) is 5.69 Å². The Morgan fingerprint density at radius 2 is 1.63 bits per heavy atom. The molecule has 0 saturated carbocycles. The minimum atomic E-state index is -0.147. The number of carbonyl (C=O) groups excluding carboxylic acids is 1. The average Bonchev–Trinajstić information content (AvgIpc) is 3.49. The molecular weight excluding hydrogens is 440 g/mol. The Balaban J connectivity index is 1.35. The zero-order chi connectivity index (χ0) is 24.4. The van der Waals surface area contributed by atoms with Crippen LogP contribution in [-0.4, -0.2) is 16.0 Å². The second-order valence-corrected chi connectivity index (χ2v) is 9.09. The van der Waals surface area contributed by atoms with Crippen molar-refractivity contribution in [3.63, 3.8) is 0 Å². The third-order valence-electron chi connectivity index (χ3n) is 6.81. The average molecular weight is 465 g/mol. The largest absolute Gasteiger partial charge is 0.455 e. The van der Waals surface area contributed by atoms with E-state index in [1.165, 1.54) is 0 Å². The predicted octanol–water partition coefficient (Wildman–Crippen LogP) is 5.97. The summed E-state index contributed by atoms with van der Waals surface area (Å²) in [5.41, 5.74) is 13.7. The summed E-state index contributed by atoms with van der Waals surface area (Å²) in [5, 5.41) is 11.1. The lowest BCUT2D eigenvalue weighted by molar-refractivity contribution is 0.0951. The summed E-state index contributed by atoms with van der Waals surface area (Å²) in [4.78, 5) is 17.3. The highest BCUT2D eigenvalue weighted by Gasteiger charge is 2.21. The number of hydrogen-bond acceptors (Lipinski definition) is 6. The van der Waals surface area contributed by atoms with Crippen LogP contribution < -0.4 is 11.1 Å². The van der Waals surface area contributed by atoms with Gasteiger partial charge in [-0.2, -0.15) is 0 Å². The number of furan rings is 2. The zero-order valence-corrected chi connectivity index (χ0v) is 19.9. The topological polar surface area (TPSA) is 107 Å². The fourth-order valence-electron chi connectivity index (χ4n) is 5.09. The van der Waals surface area contributed by atoms with Crippen LogP contribution in [0.4, 0.5) is 5.82 Å². The standard InChI is InChI=1S/C28H24N4O3/c1-13-9-24(29)31-14(2)23(13)12-30-28(33)18-6-8-20-22(11-18)27-19-7-5-17(10-21(19)26(20)34-27)25-15(3)32-35-16(25)4/h5-11H,12H2,1-4H3,(H2,29,31)(H,30,33). The molecule has 0 spiro atoms. The molecule has 1 amide bonds. The number of rotatable bonds is 4. The van der Waals surface area contributed by atoms with Gasteiger partial charge in [-0.1, -0.05) is 11.2 Å². The number of benzene rings is 3. The van der Waals surface area contributed by atoms with Crippen LogP contribution in [0.3, 0.4) is 0 Å². The molecule has 174 valence electrons. The van der Waals surface area contributed by atoms with Crippen molar-refractivity contribution in [2.75, 3.05) is 5.73 Å². The molecule has 4 heterocycles. The molecule has 0 aliphatic carbocycles. The summed E-state index contributed by atoms with van der Waals surface area (Å²) in [5.74, 6) is 1.13. The van der Waals surface area contributed by atoms with Crippen molar-refractivity contribution in [2.24, 2.45) is 0 Å². The maximum atomic E-state index is 13.0. The van der Waals surface area contributed by atoms with Gasteiger partial charge in [-0.25, -0.2) is 4.98 Å². The summed E-state index contributed by atoms with van der Waals surface area (Å²) >= 11 is 0. The number of pyridine rings is 1. The van der Waals surface area contributed by atoms with Crippen molar-refractivity contribution in [3.8, 4) is 11.1 Å². The maximum Gasteiger partial charge on any atom is 0.251 e. The van der Waals surface area contributed by atoms with Gasteiger partial charge in [-0.15, -0.1) is 0 Å². The van der Waals surface area contributed by atoms with Crippen molar-refractivity contribution in [2.45, 2.75) is 34.2 Å². The van der Waals surface area contributed by atoms with E-state index in [9.17, 15) is 4.79 Å².